The van der Waals surface area contributed by atoms with Crippen LogP contribution in [-0.4, -0.2) is 33.1 Å². The molecule has 1 heterocycles. The van der Waals surface area contributed by atoms with Crippen molar-refractivity contribution in [2.75, 3.05) is 0 Å². The summed E-state index contributed by atoms with van der Waals surface area (Å²) >= 11 is 4.83. The normalized spacial score (nSPS) is 25.5. The highest BCUT2D eigenvalue weighted by Crippen LogP contribution is 2.46. The van der Waals surface area contributed by atoms with Crippen LogP contribution in [0.1, 0.15) is 32.8 Å². The summed E-state index contributed by atoms with van der Waals surface area (Å²) in [5.41, 5.74) is 0.0281. The van der Waals surface area contributed by atoms with Gasteiger partial charge >= 0.3 is 6.09 Å². The Bertz CT molecular complexity index is 615. The highest BCUT2D eigenvalue weighted by atomic mass is 79.9. The van der Waals surface area contributed by atoms with Crippen LogP contribution in [-0.2, 0) is 4.75 Å². The van der Waals surface area contributed by atoms with Crippen LogP contribution in [0.4, 0.5) is 4.79 Å². The Morgan fingerprint density at radius 1 is 1.55 bits per heavy atom. The van der Waals surface area contributed by atoms with E-state index in [1.165, 1.54) is 11.8 Å². The maximum Gasteiger partial charge on any atom is 0.410 e. The number of amidine groups is 1. The Kier molecular flexibility index (Phi) is 4.89. The van der Waals surface area contributed by atoms with Gasteiger partial charge in [0.1, 0.15) is 0 Å². The SMILES string of the molecule is CC(C)(O)[C@@H]1C[C@@](C)(c2cccc(Br)c2)SC(NC(=O)O)=N1. The van der Waals surface area contributed by atoms with E-state index in [2.05, 4.69) is 26.2 Å². The van der Waals surface area contributed by atoms with E-state index in [1.807, 2.05) is 31.2 Å². The summed E-state index contributed by atoms with van der Waals surface area (Å²) in [6.07, 6.45) is -0.540. The van der Waals surface area contributed by atoms with Crippen molar-refractivity contribution in [2.45, 2.75) is 43.6 Å². The highest BCUT2D eigenvalue weighted by molar-refractivity contribution is 9.10. The monoisotopic (exact) mass is 386 g/mol. The van der Waals surface area contributed by atoms with E-state index in [1.54, 1.807) is 13.8 Å². The van der Waals surface area contributed by atoms with Gasteiger partial charge < -0.3 is 10.2 Å². The van der Waals surface area contributed by atoms with Crippen molar-refractivity contribution in [2.24, 2.45) is 4.99 Å². The molecular weight excluding hydrogens is 368 g/mol. The molecule has 0 spiro atoms. The first-order valence-corrected chi connectivity index (χ1v) is 8.46. The molecule has 0 aromatic heterocycles. The number of aliphatic hydroxyl groups is 1. The zero-order valence-corrected chi connectivity index (χ0v) is 15.0. The number of thioether (sulfide) groups is 1. The summed E-state index contributed by atoms with van der Waals surface area (Å²) in [5.74, 6) is 0. The topological polar surface area (TPSA) is 81.9 Å². The van der Waals surface area contributed by atoms with Gasteiger partial charge in [0.2, 0.25) is 0 Å². The van der Waals surface area contributed by atoms with E-state index in [-0.39, 0.29) is 10.8 Å². The minimum Gasteiger partial charge on any atom is -0.465 e. The van der Waals surface area contributed by atoms with E-state index in [4.69, 9.17) is 5.11 Å². The fourth-order valence-electron chi connectivity index (χ4n) is 2.39. The number of nitrogens with one attached hydrogen (secondary N) is 1. The van der Waals surface area contributed by atoms with Gasteiger partial charge in [-0.05, 0) is 44.9 Å². The summed E-state index contributed by atoms with van der Waals surface area (Å²) < 4.78 is 0.579. The maximum atomic E-state index is 11.0. The second kappa shape index (κ2) is 6.22. The van der Waals surface area contributed by atoms with Crippen molar-refractivity contribution in [3.05, 3.63) is 34.3 Å². The number of benzene rings is 1. The van der Waals surface area contributed by atoms with Gasteiger partial charge in [-0.15, -0.1) is 0 Å². The molecule has 5 nitrogen and oxygen atoms in total. The van der Waals surface area contributed by atoms with Gasteiger partial charge in [-0.2, -0.15) is 0 Å². The number of rotatable bonds is 2. The van der Waals surface area contributed by atoms with E-state index in [9.17, 15) is 9.90 Å². The molecule has 0 saturated carbocycles. The molecule has 0 unspecified atom stereocenters. The van der Waals surface area contributed by atoms with E-state index < -0.39 is 11.7 Å². The lowest BCUT2D eigenvalue weighted by atomic mass is 9.86. The van der Waals surface area contributed by atoms with Crippen LogP contribution in [0.2, 0.25) is 0 Å². The third-order valence-corrected chi connectivity index (χ3v) is 5.39. The summed E-state index contributed by atoms with van der Waals surface area (Å²) in [4.78, 5) is 15.3. The molecule has 120 valence electrons. The van der Waals surface area contributed by atoms with Crippen molar-refractivity contribution in [3.63, 3.8) is 0 Å². The molecule has 22 heavy (non-hydrogen) atoms. The van der Waals surface area contributed by atoms with Gasteiger partial charge in [-0.1, -0.05) is 39.8 Å². The average Bonchev–Trinajstić information content (AvgIpc) is 2.36. The number of carboxylic acid groups (broad SMARTS) is 1. The van der Waals surface area contributed by atoms with Crippen LogP contribution in [0, 0.1) is 0 Å². The number of nitrogens with zero attached hydrogens (tertiary/aromatic N) is 1. The molecule has 7 heteroatoms. The maximum absolute atomic E-state index is 11.0. The smallest absolute Gasteiger partial charge is 0.410 e. The first-order chi connectivity index (χ1) is 10.1. The van der Waals surface area contributed by atoms with Crippen LogP contribution in [0.5, 0.6) is 0 Å². The van der Waals surface area contributed by atoms with E-state index in [0.29, 0.717) is 11.6 Å². The average molecular weight is 387 g/mol. The van der Waals surface area contributed by atoms with Crippen LogP contribution >= 0.6 is 27.7 Å². The molecule has 2 rings (SSSR count). The molecule has 1 aromatic rings. The second-order valence-electron chi connectivity index (χ2n) is 6.08. The molecule has 1 aliphatic heterocycles. The van der Waals surface area contributed by atoms with Crippen LogP contribution in [0.3, 0.4) is 0 Å². The number of hydrogen-bond acceptors (Lipinski definition) is 4. The van der Waals surface area contributed by atoms with E-state index in [0.717, 1.165) is 10.0 Å². The minimum atomic E-state index is -1.15. The number of hydrogen-bond donors (Lipinski definition) is 3. The Morgan fingerprint density at radius 2 is 2.23 bits per heavy atom. The van der Waals surface area contributed by atoms with Crippen LogP contribution in [0.15, 0.2) is 33.7 Å². The van der Waals surface area contributed by atoms with E-state index >= 15 is 0 Å². The summed E-state index contributed by atoms with van der Waals surface area (Å²) in [6, 6.07) is 7.51. The van der Waals surface area contributed by atoms with Gasteiger partial charge in [0.15, 0.2) is 5.17 Å². The van der Waals surface area contributed by atoms with Crippen LogP contribution < -0.4 is 5.32 Å². The molecule has 1 aliphatic rings. The lowest BCUT2D eigenvalue weighted by molar-refractivity contribution is 0.0460. The number of amides is 1. The van der Waals surface area contributed by atoms with Gasteiger partial charge in [0, 0.05) is 9.22 Å². The standard InChI is InChI=1S/C15H19BrN2O3S/c1-14(2,21)11-8-15(3,9-5-4-6-10(16)7-9)22-12(17-11)18-13(19)20/h4-7,11,21H,8H2,1-3H3,(H,17,18)(H,19,20)/t11-,15-/m0/s1. The molecule has 0 saturated heterocycles. The van der Waals surface area contributed by atoms with Crippen molar-refractivity contribution in [1.29, 1.82) is 0 Å². The van der Waals surface area contributed by atoms with Crippen LogP contribution in [0.25, 0.3) is 0 Å². The third-order valence-electron chi connectivity index (χ3n) is 3.64. The fraction of sp³-hybridized carbons (Fsp3) is 0.467. The van der Waals surface area contributed by atoms with Gasteiger partial charge in [0.25, 0.3) is 0 Å². The van der Waals surface area contributed by atoms with Crippen molar-refractivity contribution in [3.8, 4) is 0 Å². The molecule has 0 radical (unpaired) electrons. The minimum absolute atomic E-state index is 0.313. The molecule has 0 fully saturated rings. The quantitative estimate of drug-likeness (QED) is 0.725. The lowest BCUT2D eigenvalue weighted by Gasteiger charge is -2.40. The van der Waals surface area contributed by atoms with Gasteiger partial charge in [0.05, 0.1) is 11.6 Å². The Morgan fingerprint density at radius 3 is 2.77 bits per heavy atom. The largest absolute Gasteiger partial charge is 0.465 e. The zero-order valence-electron chi connectivity index (χ0n) is 12.6. The fourth-order valence-corrected chi connectivity index (χ4v) is 4.02. The molecule has 1 aromatic carbocycles. The summed E-state index contributed by atoms with van der Waals surface area (Å²) in [7, 11) is 0. The van der Waals surface area contributed by atoms with Crippen molar-refractivity contribution in [1.82, 2.24) is 5.32 Å². The Hall–Kier alpha value is -1.05. The molecule has 0 bridgehead atoms. The predicted molar refractivity (Wildman–Crippen MR) is 92.4 cm³/mol. The molecular formula is C15H19BrN2O3S. The number of halogens is 1. The lowest BCUT2D eigenvalue weighted by Crippen LogP contribution is -2.45. The molecule has 2 atom stereocenters. The molecule has 0 aliphatic carbocycles. The first-order valence-electron chi connectivity index (χ1n) is 6.85. The number of aliphatic imine (C=N–C) groups is 1. The number of carbonyl (C=O) groups is 1. The summed E-state index contributed by atoms with van der Waals surface area (Å²) in [6.45, 7) is 5.42. The Balaban J connectivity index is 2.41. The van der Waals surface area contributed by atoms with Crippen molar-refractivity contribution >= 4 is 39.0 Å². The Labute approximate surface area is 142 Å². The van der Waals surface area contributed by atoms with Gasteiger partial charge in [-0.3, -0.25) is 10.3 Å². The van der Waals surface area contributed by atoms with Gasteiger partial charge in [-0.25, -0.2) is 4.79 Å². The van der Waals surface area contributed by atoms with Crippen molar-refractivity contribution < 1.29 is 15.0 Å². The third kappa shape index (κ3) is 4.02. The highest BCUT2D eigenvalue weighted by Gasteiger charge is 2.42. The summed E-state index contributed by atoms with van der Waals surface area (Å²) in [5, 5.41) is 21.9. The predicted octanol–water partition coefficient (Wildman–Crippen LogP) is 3.56. The first kappa shape index (κ1) is 17.3. The second-order valence-corrected chi connectivity index (χ2v) is 8.49. The molecule has 3 N–H and O–H groups in total. The zero-order chi connectivity index (χ0) is 16.5. The molecule has 1 amide bonds.